The molecule has 7 heteroatoms. The normalized spacial score (nSPS) is 15.9. The highest BCUT2D eigenvalue weighted by atomic mass is 19.1. The average molecular weight is 447 g/mol. The summed E-state index contributed by atoms with van der Waals surface area (Å²) < 4.78 is 33.5. The summed E-state index contributed by atoms with van der Waals surface area (Å²) in [7, 11) is 0. The quantitative estimate of drug-likeness (QED) is 0.378. The standard InChI is InChI=1S/C26H23F2N3O2/c1-15-5-8-19(12-16(15)2)29-26(32)31-11-3-4-23(31)25-30-22-13-17(6-10-24(22)33-25)20-9-7-18(27)14-21(20)28/h5-10,12-14,23H,3-4,11H2,1-2H3,(H,29,32). The van der Waals surface area contributed by atoms with Crippen molar-refractivity contribution >= 4 is 22.8 Å². The zero-order chi connectivity index (χ0) is 23.1. The fourth-order valence-corrected chi connectivity index (χ4v) is 4.26. The van der Waals surface area contributed by atoms with Gasteiger partial charge in [0.05, 0.1) is 0 Å². The van der Waals surface area contributed by atoms with Crippen molar-refractivity contribution < 1.29 is 18.0 Å². The van der Waals surface area contributed by atoms with Crippen LogP contribution in [-0.4, -0.2) is 22.5 Å². The smallest absolute Gasteiger partial charge is 0.322 e. The predicted octanol–water partition coefficient (Wildman–Crippen LogP) is 6.76. The summed E-state index contributed by atoms with van der Waals surface area (Å²) in [5, 5.41) is 2.97. The minimum atomic E-state index is -0.636. The van der Waals surface area contributed by atoms with Crippen LogP contribution in [0.1, 0.15) is 35.9 Å². The van der Waals surface area contributed by atoms with E-state index in [2.05, 4.69) is 10.3 Å². The first kappa shape index (κ1) is 21.1. The van der Waals surface area contributed by atoms with Gasteiger partial charge in [-0.15, -0.1) is 0 Å². The molecule has 2 heterocycles. The van der Waals surface area contributed by atoms with E-state index in [0.29, 0.717) is 29.1 Å². The van der Waals surface area contributed by atoms with Crippen LogP contribution in [0, 0.1) is 25.5 Å². The monoisotopic (exact) mass is 447 g/mol. The first-order chi connectivity index (χ1) is 15.9. The van der Waals surface area contributed by atoms with Crippen molar-refractivity contribution in [3.63, 3.8) is 0 Å². The highest BCUT2D eigenvalue weighted by molar-refractivity contribution is 5.90. The summed E-state index contributed by atoms with van der Waals surface area (Å²) >= 11 is 0. The molecule has 0 aliphatic carbocycles. The van der Waals surface area contributed by atoms with Gasteiger partial charge in [0.15, 0.2) is 5.58 Å². The number of hydrogen-bond donors (Lipinski definition) is 1. The van der Waals surface area contributed by atoms with Crippen LogP contribution in [0.5, 0.6) is 0 Å². The van der Waals surface area contributed by atoms with Gasteiger partial charge in [-0.25, -0.2) is 18.6 Å². The highest BCUT2D eigenvalue weighted by Crippen LogP contribution is 2.35. The molecule has 1 aromatic heterocycles. The lowest BCUT2D eigenvalue weighted by atomic mass is 10.0. The number of oxazole rings is 1. The Kier molecular flexibility index (Phi) is 5.32. The SMILES string of the molecule is Cc1ccc(NC(=O)N2CCCC2c2nc3cc(-c4ccc(F)cc4F)ccc3o2)cc1C. The molecular formula is C26H23F2N3O2. The molecule has 5 rings (SSSR count). The maximum absolute atomic E-state index is 14.2. The summed E-state index contributed by atoms with van der Waals surface area (Å²) in [4.78, 5) is 19.3. The van der Waals surface area contributed by atoms with E-state index in [4.69, 9.17) is 4.42 Å². The molecule has 1 saturated heterocycles. The van der Waals surface area contributed by atoms with Gasteiger partial charge >= 0.3 is 6.03 Å². The van der Waals surface area contributed by atoms with Gasteiger partial charge in [0.25, 0.3) is 0 Å². The van der Waals surface area contributed by atoms with Crippen LogP contribution in [0.2, 0.25) is 0 Å². The second kappa shape index (κ2) is 8.31. The Morgan fingerprint density at radius 2 is 1.91 bits per heavy atom. The number of aryl methyl sites for hydroxylation is 2. The molecule has 0 spiro atoms. The molecule has 1 aliphatic heterocycles. The summed E-state index contributed by atoms with van der Waals surface area (Å²) in [5.41, 5.74) is 5.01. The number of aromatic nitrogens is 1. The number of urea groups is 1. The van der Waals surface area contributed by atoms with Crippen molar-refractivity contribution in [3.8, 4) is 11.1 Å². The average Bonchev–Trinajstić information content (AvgIpc) is 3.42. The predicted molar refractivity (Wildman–Crippen MR) is 123 cm³/mol. The summed E-state index contributed by atoms with van der Waals surface area (Å²) in [5.74, 6) is -0.807. The topological polar surface area (TPSA) is 58.4 Å². The number of amides is 2. The third-order valence-corrected chi connectivity index (χ3v) is 6.20. The Labute approximate surface area is 190 Å². The number of nitrogens with one attached hydrogen (secondary N) is 1. The molecular weight excluding hydrogens is 424 g/mol. The number of likely N-dealkylation sites (tertiary alicyclic amines) is 1. The number of carbonyl (C=O) groups excluding carboxylic acids is 1. The Bertz CT molecular complexity index is 1370. The Morgan fingerprint density at radius 1 is 1.06 bits per heavy atom. The second-order valence-corrected chi connectivity index (χ2v) is 8.44. The maximum atomic E-state index is 14.2. The second-order valence-electron chi connectivity index (χ2n) is 8.44. The van der Waals surface area contributed by atoms with Gasteiger partial charge in [0, 0.05) is 23.9 Å². The number of nitrogens with zero attached hydrogens (tertiary/aromatic N) is 2. The van der Waals surface area contributed by atoms with Crippen LogP contribution in [0.25, 0.3) is 22.2 Å². The van der Waals surface area contributed by atoms with Gasteiger partial charge in [-0.3, -0.25) is 0 Å². The molecule has 1 aliphatic rings. The molecule has 0 saturated carbocycles. The van der Waals surface area contributed by atoms with Crippen molar-refractivity contribution in [1.82, 2.24) is 9.88 Å². The van der Waals surface area contributed by atoms with E-state index in [1.54, 1.807) is 23.1 Å². The molecule has 1 atom stereocenters. The fourth-order valence-electron chi connectivity index (χ4n) is 4.26. The van der Waals surface area contributed by atoms with Crippen LogP contribution in [0.4, 0.5) is 19.3 Å². The Hall–Kier alpha value is -3.74. The lowest BCUT2D eigenvalue weighted by Gasteiger charge is -2.22. The molecule has 0 radical (unpaired) electrons. The summed E-state index contributed by atoms with van der Waals surface area (Å²) in [6.45, 7) is 4.64. The lowest BCUT2D eigenvalue weighted by molar-refractivity contribution is 0.199. The van der Waals surface area contributed by atoms with E-state index in [-0.39, 0.29) is 17.6 Å². The van der Waals surface area contributed by atoms with E-state index < -0.39 is 11.6 Å². The van der Waals surface area contributed by atoms with Crippen molar-refractivity contribution in [1.29, 1.82) is 0 Å². The van der Waals surface area contributed by atoms with E-state index in [0.717, 1.165) is 30.2 Å². The molecule has 1 N–H and O–H groups in total. The highest BCUT2D eigenvalue weighted by Gasteiger charge is 2.33. The van der Waals surface area contributed by atoms with E-state index in [1.807, 2.05) is 32.0 Å². The molecule has 1 fully saturated rings. The van der Waals surface area contributed by atoms with Gasteiger partial charge in [0.2, 0.25) is 5.89 Å². The van der Waals surface area contributed by atoms with Crippen LogP contribution < -0.4 is 5.32 Å². The summed E-state index contributed by atoms with van der Waals surface area (Å²) in [6, 6.07) is 14.0. The van der Waals surface area contributed by atoms with Crippen LogP contribution in [-0.2, 0) is 0 Å². The molecule has 33 heavy (non-hydrogen) atoms. The zero-order valence-corrected chi connectivity index (χ0v) is 18.4. The molecule has 0 bridgehead atoms. The van der Waals surface area contributed by atoms with Gasteiger partial charge < -0.3 is 14.6 Å². The first-order valence-corrected chi connectivity index (χ1v) is 10.9. The number of anilines is 1. The molecule has 3 aromatic carbocycles. The summed E-state index contributed by atoms with van der Waals surface area (Å²) in [6.07, 6.45) is 1.59. The van der Waals surface area contributed by atoms with Crippen LogP contribution in [0.15, 0.2) is 59.0 Å². The molecule has 2 amide bonds. The maximum Gasteiger partial charge on any atom is 0.322 e. The van der Waals surface area contributed by atoms with Gasteiger partial charge in [0.1, 0.15) is 23.2 Å². The van der Waals surface area contributed by atoms with Crippen molar-refractivity contribution in [2.24, 2.45) is 0 Å². The third kappa shape index (κ3) is 4.06. The Morgan fingerprint density at radius 3 is 2.70 bits per heavy atom. The number of halogens is 2. The van der Waals surface area contributed by atoms with E-state index >= 15 is 0 Å². The first-order valence-electron chi connectivity index (χ1n) is 10.9. The number of benzene rings is 3. The fraction of sp³-hybridized carbons (Fsp3) is 0.231. The largest absolute Gasteiger partial charge is 0.438 e. The number of hydrogen-bond acceptors (Lipinski definition) is 3. The van der Waals surface area contributed by atoms with Crippen LogP contribution in [0.3, 0.4) is 0 Å². The zero-order valence-electron chi connectivity index (χ0n) is 18.4. The Balaban J connectivity index is 1.40. The number of rotatable bonds is 3. The lowest BCUT2D eigenvalue weighted by Crippen LogP contribution is -2.34. The minimum Gasteiger partial charge on any atom is -0.438 e. The molecule has 4 aromatic rings. The van der Waals surface area contributed by atoms with Gasteiger partial charge in [-0.1, -0.05) is 12.1 Å². The van der Waals surface area contributed by atoms with Gasteiger partial charge in [-0.2, -0.15) is 0 Å². The van der Waals surface area contributed by atoms with Crippen molar-refractivity contribution in [2.45, 2.75) is 32.7 Å². The van der Waals surface area contributed by atoms with E-state index in [9.17, 15) is 13.6 Å². The number of fused-ring (bicyclic) bond motifs is 1. The third-order valence-electron chi connectivity index (χ3n) is 6.20. The molecule has 5 nitrogen and oxygen atoms in total. The van der Waals surface area contributed by atoms with E-state index in [1.165, 1.54) is 17.7 Å². The van der Waals surface area contributed by atoms with Crippen LogP contribution >= 0.6 is 0 Å². The molecule has 168 valence electrons. The number of carbonyl (C=O) groups is 1. The van der Waals surface area contributed by atoms with Gasteiger partial charge in [-0.05, 0) is 79.8 Å². The minimum absolute atomic E-state index is 0.197. The van der Waals surface area contributed by atoms with Crippen molar-refractivity contribution in [3.05, 3.63) is 83.2 Å². The van der Waals surface area contributed by atoms with Crippen molar-refractivity contribution in [2.75, 3.05) is 11.9 Å². The molecule has 1 unspecified atom stereocenters.